The third kappa shape index (κ3) is 3.68. The summed E-state index contributed by atoms with van der Waals surface area (Å²) in [5, 5.41) is 6.23. The van der Waals surface area contributed by atoms with Gasteiger partial charge < -0.3 is 4.90 Å². The first-order valence-corrected chi connectivity index (χ1v) is 7.93. The maximum atomic E-state index is 12.1. The Bertz CT molecular complexity index is 462. The number of hydrogen-bond acceptors (Lipinski definition) is 3. The van der Waals surface area contributed by atoms with E-state index in [4.69, 9.17) is 0 Å². The first kappa shape index (κ1) is 13.3. The van der Waals surface area contributed by atoms with Gasteiger partial charge in [0.2, 0.25) is 5.91 Å². The summed E-state index contributed by atoms with van der Waals surface area (Å²) in [5.74, 6) is 0.247. The zero-order valence-electron chi connectivity index (χ0n) is 10.5. The number of hydrogen-bond donors (Lipinski definition) is 0. The molecule has 0 bridgehead atoms. The van der Waals surface area contributed by atoms with Crippen LogP contribution in [-0.4, -0.2) is 17.4 Å². The van der Waals surface area contributed by atoms with Crippen molar-refractivity contribution in [3.8, 4) is 0 Å². The number of carbonyl (C=O) groups is 1. The van der Waals surface area contributed by atoms with Crippen molar-refractivity contribution in [1.82, 2.24) is 4.90 Å². The molecule has 0 aliphatic rings. The van der Waals surface area contributed by atoms with E-state index in [0.717, 1.165) is 19.5 Å². The lowest BCUT2D eigenvalue weighted by atomic mass is 10.2. The van der Waals surface area contributed by atoms with E-state index in [-0.39, 0.29) is 5.91 Å². The van der Waals surface area contributed by atoms with Gasteiger partial charge in [-0.15, -0.1) is 11.3 Å². The molecule has 0 aliphatic carbocycles. The predicted octanol–water partition coefficient (Wildman–Crippen LogP) is 3.79. The minimum Gasteiger partial charge on any atom is -0.338 e. The van der Waals surface area contributed by atoms with Crippen molar-refractivity contribution in [3.05, 3.63) is 44.8 Å². The van der Waals surface area contributed by atoms with Gasteiger partial charge in [-0.1, -0.05) is 6.07 Å². The Hall–Kier alpha value is -1.13. The molecular weight excluding hydrogens is 262 g/mol. The standard InChI is InChI=1S/C14H17NOS2/c1-2-15(10-13-4-3-8-18-13)14(16)6-5-12-7-9-17-11-12/h3-4,7-9,11H,2,5-6,10H2,1H3. The quantitative estimate of drug-likeness (QED) is 0.788. The molecule has 0 radical (unpaired) electrons. The molecule has 2 rings (SSSR count). The van der Waals surface area contributed by atoms with Crippen molar-refractivity contribution in [2.45, 2.75) is 26.3 Å². The zero-order chi connectivity index (χ0) is 12.8. The van der Waals surface area contributed by atoms with E-state index in [1.54, 1.807) is 22.7 Å². The van der Waals surface area contributed by atoms with Crippen molar-refractivity contribution >= 4 is 28.6 Å². The Balaban J connectivity index is 1.85. The summed E-state index contributed by atoms with van der Waals surface area (Å²) >= 11 is 3.39. The van der Waals surface area contributed by atoms with Crippen molar-refractivity contribution in [2.75, 3.05) is 6.54 Å². The number of amides is 1. The van der Waals surface area contributed by atoms with Gasteiger partial charge in [0, 0.05) is 17.8 Å². The van der Waals surface area contributed by atoms with Gasteiger partial charge in [0.05, 0.1) is 6.54 Å². The molecule has 0 unspecified atom stereocenters. The van der Waals surface area contributed by atoms with E-state index in [1.807, 2.05) is 17.9 Å². The summed E-state index contributed by atoms with van der Waals surface area (Å²) in [6, 6.07) is 6.21. The van der Waals surface area contributed by atoms with Crippen LogP contribution in [0.3, 0.4) is 0 Å². The summed E-state index contributed by atoms with van der Waals surface area (Å²) in [4.78, 5) is 15.3. The highest BCUT2D eigenvalue weighted by Gasteiger charge is 2.12. The van der Waals surface area contributed by atoms with Crippen LogP contribution in [-0.2, 0) is 17.8 Å². The Morgan fingerprint density at radius 3 is 2.83 bits per heavy atom. The average molecular weight is 279 g/mol. The van der Waals surface area contributed by atoms with Gasteiger partial charge in [-0.2, -0.15) is 11.3 Å². The molecule has 2 nitrogen and oxygen atoms in total. The van der Waals surface area contributed by atoms with Crippen LogP contribution in [0.4, 0.5) is 0 Å². The van der Waals surface area contributed by atoms with E-state index in [1.165, 1.54) is 10.4 Å². The Morgan fingerprint density at radius 1 is 1.33 bits per heavy atom. The molecule has 96 valence electrons. The Labute approximate surface area is 116 Å². The molecule has 0 saturated carbocycles. The number of carbonyl (C=O) groups excluding carboxylic acids is 1. The normalized spacial score (nSPS) is 10.5. The SMILES string of the molecule is CCN(Cc1cccs1)C(=O)CCc1ccsc1. The molecule has 1 amide bonds. The van der Waals surface area contributed by atoms with Crippen molar-refractivity contribution in [2.24, 2.45) is 0 Å². The molecule has 0 aliphatic heterocycles. The van der Waals surface area contributed by atoms with Crippen LogP contribution < -0.4 is 0 Å². The van der Waals surface area contributed by atoms with Gasteiger partial charge in [-0.25, -0.2) is 0 Å². The maximum absolute atomic E-state index is 12.1. The molecule has 0 aromatic carbocycles. The fourth-order valence-electron chi connectivity index (χ4n) is 1.81. The Morgan fingerprint density at radius 2 is 2.22 bits per heavy atom. The third-order valence-corrected chi connectivity index (χ3v) is 4.46. The second-order valence-corrected chi connectivity index (χ2v) is 5.93. The molecule has 0 spiro atoms. The number of nitrogens with zero attached hydrogens (tertiary/aromatic N) is 1. The summed E-state index contributed by atoms with van der Waals surface area (Å²) < 4.78 is 0. The largest absolute Gasteiger partial charge is 0.338 e. The topological polar surface area (TPSA) is 20.3 Å². The molecule has 0 saturated heterocycles. The van der Waals surface area contributed by atoms with Gasteiger partial charge >= 0.3 is 0 Å². The van der Waals surface area contributed by atoms with Gasteiger partial charge in [-0.05, 0) is 47.2 Å². The third-order valence-electron chi connectivity index (χ3n) is 2.87. The molecule has 0 N–H and O–H groups in total. The number of thiophene rings is 2. The smallest absolute Gasteiger partial charge is 0.223 e. The van der Waals surface area contributed by atoms with Gasteiger partial charge in [0.25, 0.3) is 0 Å². The molecule has 2 heterocycles. The van der Waals surface area contributed by atoms with Gasteiger partial charge in [0.1, 0.15) is 0 Å². The van der Waals surface area contributed by atoms with Gasteiger partial charge in [0.15, 0.2) is 0 Å². The lowest BCUT2D eigenvalue weighted by Crippen LogP contribution is -2.30. The maximum Gasteiger partial charge on any atom is 0.223 e. The minimum atomic E-state index is 0.247. The second-order valence-electron chi connectivity index (χ2n) is 4.12. The van der Waals surface area contributed by atoms with Crippen LogP contribution in [0.5, 0.6) is 0 Å². The molecule has 2 aromatic heterocycles. The van der Waals surface area contributed by atoms with Crippen molar-refractivity contribution in [1.29, 1.82) is 0 Å². The lowest BCUT2D eigenvalue weighted by Gasteiger charge is -2.20. The van der Waals surface area contributed by atoms with E-state index >= 15 is 0 Å². The van der Waals surface area contributed by atoms with Crippen molar-refractivity contribution in [3.63, 3.8) is 0 Å². The van der Waals surface area contributed by atoms with Gasteiger partial charge in [-0.3, -0.25) is 4.79 Å². The summed E-state index contributed by atoms with van der Waals surface area (Å²) in [5.41, 5.74) is 1.26. The molecule has 4 heteroatoms. The number of aryl methyl sites for hydroxylation is 1. The fraction of sp³-hybridized carbons (Fsp3) is 0.357. The number of rotatable bonds is 6. The van der Waals surface area contributed by atoms with E-state index in [9.17, 15) is 4.79 Å². The van der Waals surface area contributed by atoms with E-state index in [0.29, 0.717) is 6.42 Å². The van der Waals surface area contributed by atoms with Crippen molar-refractivity contribution < 1.29 is 4.79 Å². The first-order valence-electron chi connectivity index (χ1n) is 6.11. The zero-order valence-corrected chi connectivity index (χ0v) is 12.1. The van der Waals surface area contributed by atoms with Crippen LogP contribution >= 0.6 is 22.7 Å². The molecule has 0 atom stereocenters. The summed E-state index contributed by atoms with van der Waals surface area (Å²) in [6.07, 6.45) is 1.46. The Kier molecular flexibility index (Phi) is 4.96. The summed E-state index contributed by atoms with van der Waals surface area (Å²) in [6.45, 7) is 3.56. The molecule has 18 heavy (non-hydrogen) atoms. The van der Waals surface area contributed by atoms with E-state index < -0.39 is 0 Å². The highest BCUT2D eigenvalue weighted by atomic mass is 32.1. The summed E-state index contributed by atoms with van der Waals surface area (Å²) in [7, 11) is 0. The molecule has 0 fully saturated rings. The highest BCUT2D eigenvalue weighted by Crippen LogP contribution is 2.14. The average Bonchev–Trinajstić information content (AvgIpc) is 3.06. The molecule has 2 aromatic rings. The van der Waals surface area contributed by atoms with E-state index in [2.05, 4.69) is 28.3 Å². The fourth-order valence-corrected chi connectivity index (χ4v) is 3.23. The molecular formula is C14H17NOS2. The minimum absolute atomic E-state index is 0.247. The lowest BCUT2D eigenvalue weighted by molar-refractivity contribution is -0.131. The van der Waals surface area contributed by atoms with Crippen LogP contribution in [0.15, 0.2) is 34.3 Å². The van der Waals surface area contributed by atoms with Crippen LogP contribution in [0.1, 0.15) is 23.8 Å². The highest BCUT2D eigenvalue weighted by molar-refractivity contribution is 7.09. The van der Waals surface area contributed by atoms with Crippen LogP contribution in [0, 0.1) is 0 Å². The van der Waals surface area contributed by atoms with Crippen LogP contribution in [0.25, 0.3) is 0 Å². The second kappa shape index (κ2) is 6.71. The monoisotopic (exact) mass is 279 g/mol. The first-order chi connectivity index (χ1) is 8.79. The van der Waals surface area contributed by atoms with Crippen LogP contribution in [0.2, 0.25) is 0 Å². The predicted molar refractivity (Wildman–Crippen MR) is 78.1 cm³/mol.